The summed E-state index contributed by atoms with van der Waals surface area (Å²) < 4.78 is 90.6. The van der Waals surface area contributed by atoms with Crippen LogP contribution < -0.4 is 5.73 Å². The highest BCUT2D eigenvalue weighted by Crippen LogP contribution is 2.53. The summed E-state index contributed by atoms with van der Waals surface area (Å²) >= 11 is 0. The Morgan fingerprint density at radius 3 is 1.87 bits per heavy atom. The molecule has 1 heterocycles. The summed E-state index contributed by atoms with van der Waals surface area (Å²) in [5.41, 5.74) is -1.78. The van der Waals surface area contributed by atoms with E-state index in [4.69, 9.17) is 5.73 Å². The first-order chi connectivity index (χ1) is 10.2. The Kier molecular flexibility index (Phi) is 5.23. The monoisotopic (exact) mass is 346 g/mol. The Balaban J connectivity index is 3.48. The first kappa shape index (κ1) is 19.5. The molecule has 1 atom stereocenters. The maximum atomic E-state index is 14.0. The molecule has 132 valence electrons. The Morgan fingerprint density at radius 1 is 1.00 bits per heavy atom. The predicted molar refractivity (Wildman–Crippen MR) is 71.4 cm³/mol. The van der Waals surface area contributed by atoms with Gasteiger partial charge in [-0.2, -0.15) is 26.3 Å². The van der Waals surface area contributed by atoms with E-state index < -0.39 is 29.6 Å². The van der Waals surface area contributed by atoms with E-state index in [1.54, 1.807) is 6.92 Å². The summed E-state index contributed by atoms with van der Waals surface area (Å²) in [5, 5.41) is 0. The molecule has 0 radical (unpaired) electrons. The zero-order valence-corrected chi connectivity index (χ0v) is 12.7. The smallest absolute Gasteiger partial charge is 0.397 e. The van der Waals surface area contributed by atoms with E-state index >= 15 is 0 Å². The van der Waals surface area contributed by atoms with Crippen LogP contribution in [0.25, 0.3) is 0 Å². The van der Waals surface area contributed by atoms with Gasteiger partial charge in [-0.05, 0) is 29.9 Å². The number of rotatable bonds is 4. The summed E-state index contributed by atoms with van der Waals surface area (Å²) in [7, 11) is 0. The Morgan fingerprint density at radius 2 is 1.48 bits per heavy atom. The van der Waals surface area contributed by atoms with Crippen molar-refractivity contribution in [2.75, 3.05) is 5.73 Å². The van der Waals surface area contributed by atoms with Gasteiger partial charge in [-0.1, -0.05) is 20.8 Å². The average Bonchev–Trinajstić information content (AvgIpc) is 2.34. The van der Waals surface area contributed by atoms with E-state index in [0.717, 1.165) is 0 Å². The minimum atomic E-state index is -6.19. The molecule has 0 amide bonds. The fourth-order valence-electron chi connectivity index (χ4n) is 2.38. The minimum Gasteiger partial charge on any atom is -0.397 e. The van der Waals surface area contributed by atoms with E-state index in [-0.39, 0.29) is 17.2 Å². The highest BCUT2D eigenvalue weighted by Gasteiger charge is 2.74. The molecule has 0 fully saturated rings. The second kappa shape index (κ2) is 6.16. The van der Waals surface area contributed by atoms with Crippen molar-refractivity contribution in [2.24, 2.45) is 5.92 Å². The quantitative estimate of drug-likeness (QED) is 0.770. The third kappa shape index (κ3) is 3.69. The van der Waals surface area contributed by atoms with Crippen molar-refractivity contribution in [1.82, 2.24) is 4.98 Å². The van der Waals surface area contributed by atoms with Crippen LogP contribution in [0.5, 0.6) is 0 Å². The largest absolute Gasteiger partial charge is 0.437 e. The highest BCUT2D eigenvalue weighted by atomic mass is 19.4. The molecule has 2 N–H and O–H groups in total. The lowest BCUT2D eigenvalue weighted by atomic mass is 9.89. The maximum Gasteiger partial charge on any atom is 0.437 e. The van der Waals surface area contributed by atoms with Gasteiger partial charge in [-0.25, -0.2) is 4.39 Å². The zero-order valence-electron chi connectivity index (χ0n) is 12.7. The van der Waals surface area contributed by atoms with Gasteiger partial charge < -0.3 is 5.73 Å². The zero-order chi connectivity index (χ0) is 18.2. The number of hydrogen-bond donors (Lipinski definition) is 1. The van der Waals surface area contributed by atoms with Crippen molar-refractivity contribution in [3.8, 4) is 0 Å². The first-order valence-electron chi connectivity index (χ1n) is 6.80. The van der Waals surface area contributed by atoms with Gasteiger partial charge in [0.25, 0.3) is 0 Å². The molecular weight excluding hydrogens is 329 g/mol. The van der Waals surface area contributed by atoms with Gasteiger partial charge in [0.1, 0.15) is 0 Å². The van der Waals surface area contributed by atoms with Gasteiger partial charge in [0.15, 0.2) is 0 Å². The fourth-order valence-corrected chi connectivity index (χ4v) is 2.38. The third-order valence-corrected chi connectivity index (χ3v) is 3.46. The standard InChI is InChI=1S/C14H17F7N2/c1-7(2)4-8(3)9-5-11(23-6-10(9)22)12(15,13(16,17)18)14(19,20)21/h5-8H,4,22H2,1-3H3. The molecular formula is C14H17F7N2. The molecule has 9 heteroatoms. The molecule has 0 bridgehead atoms. The minimum absolute atomic E-state index is 0.0132. The molecule has 1 rings (SSSR count). The topological polar surface area (TPSA) is 38.9 Å². The summed E-state index contributed by atoms with van der Waals surface area (Å²) in [5.74, 6) is -0.316. The highest BCUT2D eigenvalue weighted by molar-refractivity contribution is 5.48. The molecule has 1 unspecified atom stereocenters. The van der Waals surface area contributed by atoms with Gasteiger partial charge in [0.05, 0.1) is 17.6 Å². The number of nitrogens with two attached hydrogens (primary N) is 1. The van der Waals surface area contributed by atoms with Crippen molar-refractivity contribution in [3.63, 3.8) is 0 Å². The summed E-state index contributed by atoms with van der Waals surface area (Å²) in [4.78, 5) is 2.97. The average molecular weight is 346 g/mol. The van der Waals surface area contributed by atoms with Gasteiger partial charge >= 0.3 is 18.0 Å². The lowest BCUT2D eigenvalue weighted by molar-refractivity contribution is -0.350. The predicted octanol–water partition coefficient (Wildman–Crippen LogP) is 5.10. The summed E-state index contributed by atoms with van der Waals surface area (Å²) in [6, 6.07) is 0.462. The lowest BCUT2D eigenvalue weighted by Gasteiger charge is -2.30. The molecule has 1 aromatic rings. The number of alkyl halides is 7. The number of anilines is 1. The van der Waals surface area contributed by atoms with Crippen molar-refractivity contribution >= 4 is 5.69 Å². The van der Waals surface area contributed by atoms with Crippen LogP contribution in [0.1, 0.15) is 44.4 Å². The van der Waals surface area contributed by atoms with E-state index in [9.17, 15) is 30.7 Å². The molecule has 0 aliphatic rings. The third-order valence-electron chi connectivity index (χ3n) is 3.46. The first-order valence-corrected chi connectivity index (χ1v) is 6.80. The van der Waals surface area contributed by atoms with Crippen LogP contribution in [0.4, 0.5) is 36.4 Å². The van der Waals surface area contributed by atoms with Crippen LogP contribution in [0.15, 0.2) is 12.3 Å². The van der Waals surface area contributed by atoms with Crippen LogP contribution in [0, 0.1) is 5.92 Å². The number of nitrogens with zero attached hydrogens (tertiary/aromatic N) is 1. The molecule has 23 heavy (non-hydrogen) atoms. The van der Waals surface area contributed by atoms with Gasteiger partial charge in [0, 0.05) is 0 Å². The van der Waals surface area contributed by atoms with Gasteiger partial charge in [0.2, 0.25) is 0 Å². The number of hydrogen-bond acceptors (Lipinski definition) is 2. The molecule has 0 aromatic carbocycles. The lowest BCUT2D eigenvalue weighted by Crippen LogP contribution is -2.51. The van der Waals surface area contributed by atoms with Crippen LogP contribution in [0.3, 0.4) is 0 Å². The van der Waals surface area contributed by atoms with Crippen molar-refractivity contribution in [3.05, 3.63) is 23.5 Å². The molecule has 0 aliphatic carbocycles. The summed E-state index contributed by atoms with van der Waals surface area (Å²) in [6.07, 6.45) is -11.3. The second-order valence-electron chi connectivity index (χ2n) is 5.88. The van der Waals surface area contributed by atoms with Crippen molar-refractivity contribution in [2.45, 2.75) is 51.1 Å². The second-order valence-corrected chi connectivity index (χ2v) is 5.88. The number of nitrogen functional groups attached to an aromatic ring is 1. The van der Waals surface area contributed by atoms with Gasteiger partial charge in [-0.3, -0.25) is 4.98 Å². The maximum absolute atomic E-state index is 14.0. The van der Waals surface area contributed by atoms with E-state index in [2.05, 4.69) is 4.98 Å². The Bertz CT molecular complexity index is 535. The summed E-state index contributed by atoms with van der Waals surface area (Å²) in [6.45, 7) is 5.26. The number of aromatic nitrogens is 1. The Labute approximate surface area is 128 Å². The molecule has 2 nitrogen and oxygen atoms in total. The Hall–Kier alpha value is -1.54. The molecule has 0 saturated heterocycles. The molecule has 1 aromatic heterocycles. The van der Waals surface area contributed by atoms with Crippen LogP contribution in [-0.2, 0) is 5.67 Å². The number of halogens is 7. The van der Waals surface area contributed by atoms with Gasteiger partial charge in [-0.15, -0.1) is 0 Å². The molecule has 0 saturated carbocycles. The van der Waals surface area contributed by atoms with E-state index in [1.165, 1.54) is 0 Å². The van der Waals surface area contributed by atoms with E-state index in [0.29, 0.717) is 18.7 Å². The fraction of sp³-hybridized carbons (Fsp3) is 0.643. The number of pyridine rings is 1. The van der Waals surface area contributed by atoms with Crippen LogP contribution in [0.2, 0.25) is 0 Å². The molecule has 0 aliphatic heterocycles. The van der Waals surface area contributed by atoms with E-state index in [1.807, 2.05) is 13.8 Å². The SMILES string of the molecule is CC(C)CC(C)c1cc(C(F)(C(F)(F)F)C(F)(F)F)ncc1N. The molecule has 0 spiro atoms. The van der Waals surface area contributed by atoms with Crippen molar-refractivity contribution < 1.29 is 30.7 Å². The van der Waals surface area contributed by atoms with Crippen LogP contribution >= 0.6 is 0 Å². The van der Waals surface area contributed by atoms with Crippen molar-refractivity contribution in [1.29, 1.82) is 0 Å². The van der Waals surface area contributed by atoms with Crippen LogP contribution in [-0.4, -0.2) is 17.3 Å². The normalized spacial score (nSPS) is 15.1.